The van der Waals surface area contributed by atoms with E-state index in [1.54, 1.807) is 14.1 Å². The van der Waals surface area contributed by atoms with Crippen LogP contribution in [0.25, 0.3) is 6.08 Å². The molecule has 1 rings (SSSR count). The van der Waals surface area contributed by atoms with E-state index in [-0.39, 0.29) is 17.5 Å². The number of rotatable bonds is 3. The third-order valence-electron chi connectivity index (χ3n) is 1.92. The highest BCUT2D eigenvalue weighted by Gasteiger charge is 2.00. The Morgan fingerprint density at radius 3 is 2.24 bits per heavy atom. The van der Waals surface area contributed by atoms with Crippen molar-refractivity contribution in [1.29, 1.82) is 5.41 Å². The van der Waals surface area contributed by atoms with E-state index >= 15 is 0 Å². The topological polar surface area (TPSA) is 157 Å². The second-order valence-electron chi connectivity index (χ2n) is 3.85. The standard InChI is InChI=1S/C8H8O6S.C3H9N3/c9-7-2-1-6(5-8(7)10)3-4-14-15(11,12)13;1-6(2)3(4)5/h1-5,9-10H,(H,11,12,13);1-2H3,(H3,4,5)/b4-3+;. The number of nitrogens with zero attached hydrogens (tertiary/aromatic N) is 1. The van der Waals surface area contributed by atoms with Gasteiger partial charge in [-0.15, -0.1) is 0 Å². The van der Waals surface area contributed by atoms with E-state index in [1.165, 1.54) is 29.2 Å². The summed E-state index contributed by atoms with van der Waals surface area (Å²) >= 11 is 0. The minimum Gasteiger partial charge on any atom is -0.504 e. The zero-order valence-corrected chi connectivity index (χ0v) is 12.2. The summed E-state index contributed by atoms with van der Waals surface area (Å²) in [6.07, 6.45) is 1.92. The van der Waals surface area contributed by atoms with Gasteiger partial charge in [0, 0.05) is 14.1 Å². The van der Waals surface area contributed by atoms with Gasteiger partial charge in [0.25, 0.3) is 0 Å². The van der Waals surface area contributed by atoms with Crippen molar-refractivity contribution in [2.45, 2.75) is 0 Å². The summed E-state index contributed by atoms with van der Waals surface area (Å²) in [5.41, 5.74) is 5.34. The molecule has 1 aromatic carbocycles. The number of nitrogens with one attached hydrogen (secondary N) is 1. The van der Waals surface area contributed by atoms with E-state index in [2.05, 4.69) is 4.18 Å². The molecule has 0 spiro atoms. The van der Waals surface area contributed by atoms with Crippen LogP contribution in [0.15, 0.2) is 24.5 Å². The third-order valence-corrected chi connectivity index (χ3v) is 2.27. The Morgan fingerprint density at radius 1 is 1.33 bits per heavy atom. The van der Waals surface area contributed by atoms with Crippen LogP contribution in [0.2, 0.25) is 0 Å². The average Bonchev–Trinajstić information content (AvgIpc) is 2.33. The largest absolute Gasteiger partial charge is 0.504 e. The molecule has 0 unspecified atom stereocenters. The number of benzene rings is 1. The number of guanidine groups is 1. The summed E-state index contributed by atoms with van der Waals surface area (Å²) in [6, 6.07) is 3.83. The molecule has 118 valence electrons. The van der Waals surface area contributed by atoms with Crippen LogP contribution in [0.5, 0.6) is 11.5 Å². The van der Waals surface area contributed by atoms with Crippen molar-refractivity contribution in [3.63, 3.8) is 0 Å². The Balaban J connectivity index is 0.000000567. The lowest BCUT2D eigenvalue weighted by Crippen LogP contribution is -2.28. The first kappa shape index (κ1) is 18.5. The van der Waals surface area contributed by atoms with E-state index in [1.807, 2.05) is 0 Å². The Bertz CT molecular complexity index is 612. The fraction of sp³-hybridized carbons (Fsp3) is 0.182. The van der Waals surface area contributed by atoms with Crippen molar-refractivity contribution in [1.82, 2.24) is 4.90 Å². The quantitative estimate of drug-likeness (QED) is 0.175. The lowest BCUT2D eigenvalue weighted by molar-refractivity contribution is 0.357. The Labute approximate surface area is 122 Å². The number of aromatic hydroxyl groups is 2. The van der Waals surface area contributed by atoms with Gasteiger partial charge < -0.3 is 25.0 Å². The number of phenolic OH excluding ortho intramolecular Hbond substituents is 2. The molecular weight excluding hydrogens is 302 g/mol. The first-order valence-electron chi connectivity index (χ1n) is 5.38. The molecule has 0 atom stereocenters. The predicted octanol–water partition coefficient (Wildman–Crippen LogP) is 0.329. The normalized spacial score (nSPS) is 10.6. The van der Waals surface area contributed by atoms with Gasteiger partial charge in [0.05, 0.1) is 0 Å². The van der Waals surface area contributed by atoms with Crippen LogP contribution in [-0.2, 0) is 14.6 Å². The molecule has 21 heavy (non-hydrogen) atoms. The minimum absolute atomic E-state index is 0.0926. The molecule has 0 heterocycles. The van der Waals surface area contributed by atoms with E-state index in [0.717, 1.165) is 6.26 Å². The predicted molar refractivity (Wildman–Crippen MR) is 77.0 cm³/mol. The SMILES string of the molecule is CN(C)C(=N)N.O=S(=O)(O)O/C=C/c1ccc(O)c(O)c1. The summed E-state index contributed by atoms with van der Waals surface area (Å²) in [7, 11) is -1.06. The van der Waals surface area contributed by atoms with E-state index in [0.29, 0.717) is 5.56 Å². The maximum atomic E-state index is 10.1. The minimum atomic E-state index is -4.51. The van der Waals surface area contributed by atoms with Gasteiger partial charge in [0.1, 0.15) is 6.26 Å². The van der Waals surface area contributed by atoms with E-state index in [9.17, 15) is 8.42 Å². The highest BCUT2D eigenvalue weighted by atomic mass is 32.3. The molecule has 1 aromatic rings. The monoisotopic (exact) mass is 319 g/mol. The Hall–Kier alpha value is -2.46. The van der Waals surface area contributed by atoms with Crippen LogP contribution in [0.4, 0.5) is 0 Å². The smallest absolute Gasteiger partial charge is 0.445 e. The zero-order valence-electron chi connectivity index (χ0n) is 11.4. The van der Waals surface area contributed by atoms with E-state index in [4.69, 9.17) is 25.9 Å². The Kier molecular flexibility index (Phi) is 7.03. The fourth-order valence-corrected chi connectivity index (χ4v) is 1.02. The molecule has 0 fully saturated rings. The van der Waals surface area contributed by atoms with E-state index < -0.39 is 10.4 Å². The van der Waals surface area contributed by atoms with Gasteiger partial charge in [-0.2, -0.15) is 8.42 Å². The van der Waals surface area contributed by atoms with Crippen LogP contribution in [-0.4, -0.2) is 48.1 Å². The average molecular weight is 319 g/mol. The molecule has 0 amide bonds. The van der Waals surface area contributed by atoms with Gasteiger partial charge in [-0.05, 0) is 23.8 Å². The first-order chi connectivity index (χ1) is 9.53. The van der Waals surface area contributed by atoms with Crippen LogP contribution in [0.1, 0.15) is 5.56 Å². The van der Waals surface area contributed by atoms with Crippen LogP contribution in [0, 0.1) is 5.41 Å². The molecule has 0 aromatic heterocycles. The number of phenols is 2. The van der Waals surface area contributed by atoms with Crippen molar-refractivity contribution in [3.8, 4) is 11.5 Å². The molecule has 0 aliphatic heterocycles. The summed E-state index contributed by atoms with van der Waals surface area (Å²) in [4.78, 5) is 1.53. The molecule has 10 heteroatoms. The maximum Gasteiger partial charge on any atom is 0.445 e. The van der Waals surface area contributed by atoms with Crippen molar-refractivity contribution < 1.29 is 27.4 Å². The highest BCUT2D eigenvalue weighted by molar-refractivity contribution is 7.81. The van der Waals surface area contributed by atoms with Gasteiger partial charge in [-0.1, -0.05) is 6.07 Å². The third kappa shape index (κ3) is 9.13. The molecular formula is C11H17N3O6S. The number of nitrogens with two attached hydrogens (primary N) is 1. The van der Waals surface area contributed by atoms with Gasteiger partial charge >= 0.3 is 10.4 Å². The zero-order chi connectivity index (χ0) is 16.6. The van der Waals surface area contributed by atoms with Crippen LogP contribution >= 0.6 is 0 Å². The molecule has 9 nitrogen and oxygen atoms in total. The van der Waals surface area contributed by atoms with Gasteiger partial charge in [0.15, 0.2) is 17.5 Å². The lowest BCUT2D eigenvalue weighted by atomic mass is 10.2. The molecule has 0 radical (unpaired) electrons. The molecule has 0 saturated heterocycles. The molecule has 0 saturated carbocycles. The fourth-order valence-electron chi connectivity index (χ4n) is 0.821. The highest BCUT2D eigenvalue weighted by Crippen LogP contribution is 2.25. The lowest BCUT2D eigenvalue weighted by Gasteiger charge is -2.05. The molecule has 0 aliphatic carbocycles. The summed E-state index contributed by atoms with van der Waals surface area (Å²) < 4.78 is 32.4. The van der Waals surface area contributed by atoms with Crippen LogP contribution < -0.4 is 5.73 Å². The first-order valence-corrected chi connectivity index (χ1v) is 6.75. The van der Waals surface area contributed by atoms with Crippen molar-refractivity contribution >= 4 is 22.4 Å². The number of hydrogen-bond donors (Lipinski definition) is 5. The molecule has 6 N–H and O–H groups in total. The van der Waals surface area contributed by atoms with Gasteiger partial charge in [0.2, 0.25) is 0 Å². The Morgan fingerprint density at radius 2 is 1.86 bits per heavy atom. The molecule has 0 aliphatic rings. The van der Waals surface area contributed by atoms with Crippen molar-refractivity contribution in [3.05, 3.63) is 30.0 Å². The molecule has 0 bridgehead atoms. The van der Waals surface area contributed by atoms with Crippen molar-refractivity contribution in [2.75, 3.05) is 14.1 Å². The van der Waals surface area contributed by atoms with Crippen LogP contribution in [0.3, 0.4) is 0 Å². The summed E-state index contributed by atoms with van der Waals surface area (Å²) in [5.74, 6) is -0.540. The van der Waals surface area contributed by atoms with Crippen molar-refractivity contribution in [2.24, 2.45) is 5.73 Å². The summed E-state index contributed by atoms with van der Waals surface area (Å²) in [5, 5.41) is 24.7. The second-order valence-corrected chi connectivity index (χ2v) is 4.90. The second kappa shape index (κ2) is 7.97. The van der Waals surface area contributed by atoms with Gasteiger partial charge in [-0.25, -0.2) is 0 Å². The maximum absolute atomic E-state index is 10.1. The van der Waals surface area contributed by atoms with Gasteiger partial charge in [-0.3, -0.25) is 9.96 Å². The number of hydrogen-bond acceptors (Lipinski definition) is 6. The summed E-state index contributed by atoms with van der Waals surface area (Å²) in [6.45, 7) is 0.